The van der Waals surface area contributed by atoms with Crippen molar-refractivity contribution in [2.24, 2.45) is 34.5 Å². The van der Waals surface area contributed by atoms with Crippen LogP contribution in [-0.2, 0) is 9.59 Å². The van der Waals surface area contributed by atoms with Crippen molar-refractivity contribution >= 4 is 30.4 Å². The van der Waals surface area contributed by atoms with Crippen LogP contribution in [0.2, 0.25) is 0 Å². The predicted octanol–water partition coefficient (Wildman–Crippen LogP) is 2.61. The fourth-order valence-electron chi connectivity index (χ4n) is 8.31. The molecule has 0 saturated heterocycles. The predicted molar refractivity (Wildman–Crippen MR) is 136 cm³/mol. The number of Topliss-reactive ketones (excluding diaryl/α,β-unsaturated/α-hetero) is 2. The molecule has 0 amide bonds. The van der Waals surface area contributed by atoms with Gasteiger partial charge in [-0.05, 0) is 68.1 Å². The monoisotopic (exact) mass is 473 g/mol. The molecule has 4 rings (SSSR count). The third-order valence-electron chi connectivity index (χ3n) is 9.75. The topological polar surface area (TPSA) is 107 Å². The normalized spacial score (nSPS) is 43.3. The minimum atomic E-state index is -1.58. The first-order valence-corrected chi connectivity index (χ1v) is 13.1. The summed E-state index contributed by atoms with van der Waals surface area (Å²) >= 11 is 0. The molecule has 0 bridgehead atoms. The maximum atomic E-state index is 13.4. The van der Waals surface area contributed by atoms with E-state index in [-0.39, 0.29) is 60.3 Å². The summed E-state index contributed by atoms with van der Waals surface area (Å²) in [6.45, 7) is 12.1. The summed E-state index contributed by atoms with van der Waals surface area (Å²) in [5.41, 5.74) is -2.40. The van der Waals surface area contributed by atoms with Gasteiger partial charge in [0, 0.05) is 29.8 Å². The molecular formula is C27H48LiNO5. The Morgan fingerprint density at radius 3 is 2.21 bits per heavy atom. The van der Waals surface area contributed by atoms with E-state index in [0.717, 1.165) is 38.5 Å². The van der Waals surface area contributed by atoms with Gasteiger partial charge in [-0.3, -0.25) is 9.59 Å². The number of carbonyl (C=O) groups excluding carboxylic acids is 2. The fraction of sp³-hybridized carbons (Fsp3) is 0.926. The Morgan fingerprint density at radius 1 is 1.06 bits per heavy atom. The van der Waals surface area contributed by atoms with E-state index in [0.29, 0.717) is 24.4 Å². The van der Waals surface area contributed by atoms with Crippen molar-refractivity contribution in [1.29, 1.82) is 0 Å². The van der Waals surface area contributed by atoms with Gasteiger partial charge in [0.25, 0.3) is 0 Å². The Hall–Kier alpha value is -0.223. The van der Waals surface area contributed by atoms with Crippen LogP contribution in [0.4, 0.5) is 0 Å². The Balaban J connectivity index is 0.000000449. The number of aliphatic hydroxyl groups is 3. The van der Waals surface area contributed by atoms with Crippen molar-refractivity contribution in [3.8, 4) is 0 Å². The standard InChI is InChI=1S/C21H32O5.C6H15N.Li.H/c1-19-7-5-13(23)9-12(19)3-4-14-15-6-8-21(26,17(25)11-22)20(15,2)10-16(24)18(14)19;1-5(2)7-6(3)4;;/h12-15,18,22-23,26H,3-11H2,1-2H3;5-7H,1-4H3;;/t12-,13-,14+,15+,18-,19+,20+,21+;;;/m1.../s1. The molecule has 0 spiro atoms. The van der Waals surface area contributed by atoms with Gasteiger partial charge in [-0.2, -0.15) is 0 Å². The molecule has 0 aromatic heterocycles. The molecule has 0 unspecified atom stereocenters. The van der Waals surface area contributed by atoms with Crippen LogP contribution in [0.25, 0.3) is 0 Å². The third kappa shape index (κ3) is 5.11. The first kappa shape index (κ1) is 30.0. The van der Waals surface area contributed by atoms with Gasteiger partial charge in [-0.1, -0.05) is 41.5 Å². The van der Waals surface area contributed by atoms with E-state index in [1.165, 1.54) is 0 Å². The third-order valence-corrected chi connectivity index (χ3v) is 9.75. The molecule has 0 radical (unpaired) electrons. The first-order valence-electron chi connectivity index (χ1n) is 13.1. The van der Waals surface area contributed by atoms with Crippen LogP contribution < -0.4 is 5.32 Å². The molecule has 4 fully saturated rings. The van der Waals surface area contributed by atoms with Crippen LogP contribution >= 0.6 is 0 Å². The second-order valence-corrected chi connectivity index (χ2v) is 12.5. The van der Waals surface area contributed by atoms with Crippen molar-refractivity contribution in [3.05, 3.63) is 0 Å². The van der Waals surface area contributed by atoms with E-state index >= 15 is 0 Å². The van der Waals surface area contributed by atoms with E-state index in [1.807, 2.05) is 6.92 Å². The summed E-state index contributed by atoms with van der Waals surface area (Å²) in [7, 11) is 0. The molecule has 4 aliphatic carbocycles. The molecule has 192 valence electrons. The molecule has 6 nitrogen and oxygen atoms in total. The van der Waals surface area contributed by atoms with Crippen LogP contribution in [-0.4, -0.2) is 76.1 Å². The van der Waals surface area contributed by atoms with E-state index in [4.69, 9.17) is 0 Å². The van der Waals surface area contributed by atoms with Gasteiger partial charge >= 0.3 is 18.9 Å². The summed E-state index contributed by atoms with van der Waals surface area (Å²) in [5, 5.41) is 33.9. The van der Waals surface area contributed by atoms with Crippen LogP contribution in [0.3, 0.4) is 0 Å². The molecule has 8 atom stereocenters. The molecule has 0 aromatic rings. The number of aliphatic hydroxyl groups excluding tert-OH is 2. The summed E-state index contributed by atoms with van der Waals surface area (Å²) < 4.78 is 0. The van der Waals surface area contributed by atoms with Crippen molar-refractivity contribution in [3.63, 3.8) is 0 Å². The molecular weight excluding hydrogens is 425 g/mol. The Bertz CT molecular complexity index is 739. The number of rotatable bonds is 4. The van der Waals surface area contributed by atoms with Crippen molar-refractivity contribution in [2.75, 3.05) is 6.61 Å². The van der Waals surface area contributed by atoms with Crippen LogP contribution in [0, 0.1) is 34.5 Å². The molecule has 0 heterocycles. The molecule has 7 heteroatoms. The molecule has 34 heavy (non-hydrogen) atoms. The molecule has 0 aliphatic heterocycles. The average molecular weight is 474 g/mol. The Morgan fingerprint density at radius 2 is 1.68 bits per heavy atom. The van der Waals surface area contributed by atoms with Gasteiger partial charge in [0.05, 0.1) is 6.10 Å². The SMILES string of the molecule is CC(C)NC(C)C.C[C@]12CC[C@@H](O)C[C@H]1CC[C@@H]1[C@@H]2C(=O)C[C@@]2(C)[C@H]1CC[C@]2(O)C(=O)CO.[LiH]. The number of nitrogens with one attached hydrogen (secondary N) is 1. The van der Waals surface area contributed by atoms with Gasteiger partial charge in [0.1, 0.15) is 18.0 Å². The summed E-state index contributed by atoms with van der Waals surface area (Å²) in [5.74, 6) is 0.380. The van der Waals surface area contributed by atoms with E-state index < -0.39 is 23.4 Å². The second kappa shape index (κ2) is 11.0. The zero-order valence-electron chi connectivity index (χ0n) is 21.6. The van der Waals surface area contributed by atoms with Gasteiger partial charge in [0.2, 0.25) is 0 Å². The van der Waals surface area contributed by atoms with Crippen molar-refractivity contribution in [2.45, 2.75) is 117 Å². The number of hydrogen-bond donors (Lipinski definition) is 4. The van der Waals surface area contributed by atoms with Crippen molar-refractivity contribution < 1.29 is 24.9 Å². The zero-order chi connectivity index (χ0) is 24.8. The quantitative estimate of drug-likeness (QED) is 0.468. The molecule has 4 saturated carbocycles. The number of fused-ring (bicyclic) bond motifs is 5. The van der Waals surface area contributed by atoms with E-state index in [9.17, 15) is 24.9 Å². The van der Waals surface area contributed by atoms with Gasteiger partial charge < -0.3 is 20.6 Å². The summed E-state index contributed by atoms with van der Waals surface area (Å²) in [4.78, 5) is 25.7. The van der Waals surface area contributed by atoms with Gasteiger partial charge in [-0.15, -0.1) is 0 Å². The summed E-state index contributed by atoms with van der Waals surface area (Å²) in [6.07, 6.45) is 5.47. The van der Waals surface area contributed by atoms with Crippen LogP contribution in [0.5, 0.6) is 0 Å². The maximum absolute atomic E-state index is 13.4. The Kier molecular flexibility index (Phi) is 9.73. The zero-order valence-corrected chi connectivity index (χ0v) is 21.6. The number of ketones is 2. The average Bonchev–Trinajstić information content (AvgIpc) is 2.98. The molecule has 4 aliphatic rings. The van der Waals surface area contributed by atoms with Crippen LogP contribution in [0.1, 0.15) is 92.9 Å². The van der Waals surface area contributed by atoms with E-state index in [2.05, 4.69) is 39.9 Å². The van der Waals surface area contributed by atoms with Gasteiger partial charge in [0.15, 0.2) is 5.78 Å². The molecule has 4 N–H and O–H groups in total. The number of hydrogen-bond acceptors (Lipinski definition) is 6. The van der Waals surface area contributed by atoms with E-state index in [1.54, 1.807) is 0 Å². The first-order chi connectivity index (χ1) is 15.3. The number of carbonyl (C=O) groups is 2. The van der Waals surface area contributed by atoms with Crippen molar-refractivity contribution in [1.82, 2.24) is 5.32 Å². The molecule has 0 aromatic carbocycles. The fourth-order valence-corrected chi connectivity index (χ4v) is 8.31. The Labute approximate surface area is 218 Å². The van der Waals surface area contributed by atoms with Crippen LogP contribution in [0.15, 0.2) is 0 Å². The summed E-state index contributed by atoms with van der Waals surface area (Å²) in [6, 6.07) is 1.25. The van der Waals surface area contributed by atoms with Gasteiger partial charge in [-0.25, -0.2) is 0 Å². The second-order valence-electron chi connectivity index (χ2n) is 12.5. The minimum absolute atomic E-state index is 0.